The largest absolute Gasteiger partial charge is 0.322 e. The van der Waals surface area contributed by atoms with Crippen LogP contribution in [-0.4, -0.2) is 4.98 Å². The number of hydrogen-bond donors (Lipinski definition) is 1. The minimum atomic E-state index is 0. The van der Waals surface area contributed by atoms with Crippen molar-refractivity contribution in [2.45, 2.75) is 44.6 Å². The van der Waals surface area contributed by atoms with Crippen molar-refractivity contribution in [2.75, 3.05) is 0 Å². The van der Waals surface area contributed by atoms with Crippen LogP contribution in [0.25, 0.3) is 0 Å². The van der Waals surface area contributed by atoms with Gasteiger partial charge in [0.2, 0.25) is 0 Å². The Morgan fingerprint density at radius 3 is 2.75 bits per heavy atom. The molecule has 4 unspecified atom stereocenters. The topological polar surface area (TPSA) is 38.9 Å². The van der Waals surface area contributed by atoms with Gasteiger partial charge in [-0.1, -0.05) is 6.42 Å². The number of fused-ring (bicyclic) bond motifs is 2. The second kappa shape index (κ2) is 4.63. The van der Waals surface area contributed by atoms with Crippen LogP contribution in [0.15, 0.2) is 5.38 Å². The van der Waals surface area contributed by atoms with Crippen molar-refractivity contribution in [1.29, 1.82) is 0 Å². The normalized spacial score (nSPS) is 33.8. The molecule has 16 heavy (non-hydrogen) atoms. The predicted molar refractivity (Wildman–Crippen MR) is 70.2 cm³/mol. The lowest BCUT2D eigenvalue weighted by molar-refractivity contribution is 0.413. The molecule has 4 atom stereocenters. The molecule has 1 aromatic rings. The Labute approximate surface area is 107 Å². The van der Waals surface area contributed by atoms with Gasteiger partial charge in [0.15, 0.2) is 0 Å². The number of thiazole rings is 1. The van der Waals surface area contributed by atoms with Crippen molar-refractivity contribution in [1.82, 2.24) is 4.98 Å². The van der Waals surface area contributed by atoms with Gasteiger partial charge in [-0.15, -0.1) is 23.7 Å². The van der Waals surface area contributed by atoms with E-state index in [1.807, 2.05) is 6.92 Å². The van der Waals surface area contributed by atoms with Crippen molar-refractivity contribution in [3.05, 3.63) is 16.1 Å². The van der Waals surface area contributed by atoms with Crippen LogP contribution >= 0.6 is 23.7 Å². The summed E-state index contributed by atoms with van der Waals surface area (Å²) in [6, 6.07) is 0.0994. The minimum absolute atomic E-state index is 0. The van der Waals surface area contributed by atoms with E-state index in [1.165, 1.54) is 31.4 Å². The van der Waals surface area contributed by atoms with E-state index in [9.17, 15) is 0 Å². The monoisotopic (exact) mass is 258 g/mol. The maximum absolute atomic E-state index is 5.85. The summed E-state index contributed by atoms with van der Waals surface area (Å²) >= 11 is 1.74. The van der Waals surface area contributed by atoms with Gasteiger partial charge in [0.25, 0.3) is 0 Å². The molecule has 1 heterocycles. The summed E-state index contributed by atoms with van der Waals surface area (Å²) in [5.74, 6) is 2.69. The van der Waals surface area contributed by atoms with Crippen molar-refractivity contribution >= 4 is 23.7 Å². The number of nitrogens with zero attached hydrogens (tertiary/aromatic N) is 1. The first kappa shape index (κ1) is 12.3. The lowest BCUT2D eigenvalue weighted by Gasteiger charge is -2.19. The number of nitrogens with two attached hydrogens (primary N) is 1. The summed E-state index contributed by atoms with van der Waals surface area (Å²) in [5, 5.41) is 3.34. The molecule has 2 nitrogen and oxygen atoms in total. The molecular formula is C12H19ClN2S. The molecule has 0 aliphatic heterocycles. The third-order valence-electron chi connectivity index (χ3n) is 4.05. The second-order valence-electron chi connectivity index (χ2n) is 5.18. The molecule has 0 amide bonds. The lowest BCUT2D eigenvalue weighted by atomic mass is 9.87. The smallest absolute Gasteiger partial charge is 0.109 e. The Morgan fingerprint density at radius 1 is 1.44 bits per heavy atom. The molecule has 1 aromatic heterocycles. The molecule has 2 bridgehead atoms. The third kappa shape index (κ3) is 2.01. The molecule has 2 fully saturated rings. The number of hydrogen-bond acceptors (Lipinski definition) is 3. The first-order valence-corrected chi connectivity index (χ1v) is 6.83. The van der Waals surface area contributed by atoms with E-state index in [0.717, 1.165) is 22.8 Å². The van der Waals surface area contributed by atoms with E-state index in [-0.39, 0.29) is 18.4 Å². The van der Waals surface area contributed by atoms with Crippen LogP contribution in [0.1, 0.15) is 55.3 Å². The summed E-state index contributed by atoms with van der Waals surface area (Å²) in [6.07, 6.45) is 5.73. The molecule has 0 saturated heterocycles. The highest BCUT2D eigenvalue weighted by atomic mass is 35.5. The van der Waals surface area contributed by atoms with E-state index in [1.54, 1.807) is 11.3 Å². The zero-order valence-electron chi connectivity index (χ0n) is 9.56. The first-order chi connectivity index (χ1) is 7.24. The molecule has 2 N–H and O–H groups in total. The maximum atomic E-state index is 5.85. The van der Waals surface area contributed by atoms with Crippen molar-refractivity contribution < 1.29 is 0 Å². The zero-order valence-corrected chi connectivity index (χ0v) is 11.2. The highest BCUT2D eigenvalue weighted by molar-refractivity contribution is 7.09. The summed E-state index contributed by atoms with van der Waals surface area (Å²) in [5.41, 5.74) is 7.18. The van der Waals surface area contributed by atoms with Gasteiger partial charge in [0, 0.05) is 11.3 Å². The van der Waals surface area contributed by atoms with E-state index in [4.69, 9.17) is 10.7 Å². The quantitative estimate of drug-likeness (QED) is 0.882. The van der Waals surface area contributed by atoms with Crippen LogP contribution in [0.4, 0.5) is 0 Å². The van der Waals surface area contributed by atoms with Crippen molar-refractivity contribution in [3.8, 4) is 0 Å². The fraction of sp³-hybridized carbons (Fsp3) is 0.750. The van der Waals surface area contributed by atoms with Gasteiger partial charge < -0.3 is 5.73 Å². The Kier molecular flexibility index (Phi) is 3.57. The van der Waals surface area contributed by atoms with Gasteiger partial charge >= 0.3 is 0 Å². The molecule has 2 aliphatic rings. The SMILES string of the molecule is CC(N)c1nc(C2CC3CCC2C3)cs1.Cl. The van der Waals surface area contributed by atoms with Gasteiger partial charge in [-0.05, 0) is 38.0 Å². The number of rotatable bonds is 2. The lowest BCUT2D eigenvalue weighted by Crippen LogP contribution is -2.10. The predicted octanol–water partition coefficient (Wildman–Crippen LogP) is 3.49. The Balaban J connectivity index is 0.000000963. The first-order valence-electron chi connectivity index (χ1n) is 5.95. The van der Waals surface area contributed by atoms with E-state index in [2.05, 4.69) is 5.38 Å². The van der Waals surface area contributed by atoms with Gasteiger partial charge in [-0.3, -0.25) is 0 Å². The van der Waals surface area contributed by atoms with Gasteiger partial charge in [0.1, 0.15) is 5.01 Å². The van der Waals surface area contributed by atoms with Crippen molar-refractivity contribution in [3.63, 3.8) is 0 Å². The standard InChI is InChI=1S/C12H18N2S.ClH/c1-7(13)12-14-11(6-15-12)10-5-8-2-3-9(10)4-8;/h6-10H,2-5,13H2,1H3;1H. The number of aromatic nitrogens is 1. The molecule has 0 aromatic carbocycles. The highest BCUT2D eigenvalue weighted by Crippen LogP contribution is 2.52. The summed E-state index contributed by atoms with van der Waals surface area (Å²) in [6.45, 7) is 2.02. The molecule has 0 spiro atoms. The van der Waals surface area contributed by atoms with E-state index < -0.39 is 0 Å². The zero-order chi connectivity index (χ0) is 10.4. The van der Waals surface area contributed by atoms with Crippen LogP contribution in [0.2, 0.25) is 0 Å². The number of halogens is 1. The molecular weight excluding hydrogens is 240 g/mol. The van der Waals surface area contributed by atoms with Gasteiger partial charge in [0.05, 0.1) is 11.7 Å². The Bertz CT molecular complexity index is 364. The third-order valence-corrected chi connectivity index (χ3v) is 5.11. The van der Waals surface area contributed by atoms with Crippen LogP contribution in [0, 0.1) is 11.8 Å². The highest BCUT2D eigenvalue weighted by Gasteiger charge is 2.41. The van der Waals surface area contributed by atoms with Crippen LogP contribution in [0.3, 0.4) is 0 Å². The second-order valence-corrected chi connectivity index (χ2v) is 6.07. The fourth-order valence-corrected chi connectivity index (χ4v) is 4.13. The van der Waals surface area contributed by atoms with Crippen LogP contribution in [0.5, 0.6) is 0 Å². The molecule has 2 saturated carbocycles. The molecule has 2 aliphatic carbocycles. The van der Waals surface area contributed by atoms with Crippen molar-refractivity contribution in [2.24, 2.45) is 17.6 Å². The summed E-state index contributed by atoms with van der Waals surface area (Å²) in [4.78, 5) is 4.70. The molecule has 0 radical (unpaired) electrons. The van der Waals surface area contributed by atoms with Crippen LogP contribution in [-0.2, 0) is 0 Å². The van der Waals surface area contributed by atoms with Gasteiger partial charge in [-0.2, -0.15) is 0 Å². The fourth-order valence-electron chi connectivity index (χ4n) is 3.29. The Morgan fingerprint density at radius 2 is 2.25 bits per heavy atom. The average Bonchev–Trinajstić information content (AvgIpc) is 2.93. The molecule has 90 valence electrons. The summed E-state index contributed by atoms with van der Waals surface area (Å²) < 4.78 is 0. The molecule has 3 rings (SSSR count). The van der Waals surface area contributed by atoms with E-state index >= 15 is 0 Å². The summed E-state index contributed by atoms with van der Waals surface area (Å²) in [7, 11) is 0. The average molecular weight is 259 g/mol. The van der Waals surface area contributed by atoms with E-state index in [0.29, 0.717) is 0 Å². The molecule has 4 heteroatoms. The minimum Gasteiger partial charge on any atom is -0.322 e. The van der Waals surface area contributed by atoms with Crippen LogP contribution < -0.4 is 5.73 Å². The maximum Gasteiger partial charge on any atom is 0.109 e. The van der Waals surface area contributed by atoms with Gasteiger partial charge in [-0.25, -0.2) is 4.98 Å². The Hall–Kier alpha value is -0.120.